The number of carbonyl (C=O) groups excluding carboxylic acids is 1. The van der Waals surface area contributed by atoms with Crippen LogP contribution in [0.2, 0.25) is 0 Å². The molecule has 1 amide bonds. The molecule has 0 spiro atoms. The molecule has 0 unspecified atom stereocenters. The Morgan fingerprint density at radius 2 is 1.83 bits per heavy atom. The zero-order chi connectivity index (χ0) is 13.4. The number of piperazine rings is 1. The Morgan fingerprint density at radius 3 is 2.39 bits per heavy atom. The van der Waals surface area contributed by atoms with Gasteiger partial charge in [-0.05, 0) is 6.42 Å². The Labute approximate surface area is 107 Å². The Kier molecular flexibility index (Phi) is 6.67. The number of nitrogens with zero attached hydrogens (tertiary/aromatic N) is 2. The maximum Gasteiger partial charge on any atom is 0.317 e. The van der Waals surface area contributed by atoms with Crippen molar-refractivity contribution in [2.45, 2.75) is 19.8 Å². The smallest absolute Gasteiger partial charge is 0.317 e. The Bertz CT molecular complexity index is 275. The molecule has 1 saturated heterocycles. The van der Waals surface area contributed by atoms with Crippen LogP contribution in [0, 0.1) is 0 Å². The molecule has 0 aromatic carbocycles. The molecule has 0 aromatic heterocycles. The summed E-state index contributed by atoms with van der Waals surface area (Å²) in [4.78, 5) is 26.0. The van der Waals surface area contributed by atoms with Gasteiger partial charge < -0.3 is 14.7 Å². The van der Waals surface area contributed by atoms with Crippen LogP contribution in [-0.2, 0) is 14.3 Å². The fourth-order valence-corrected chi connectivity index (χ4v) is 1.91. The molecule has 0 aliphatic carbocycles. The highest BCUT2D eigenvalue weighted by atomic mass is 16.5. The fourth-order valence-electron chi connectivity index (χ4n) is 1.91. The van der Waals surface area contributed by atoms with Gasteiger partial charge in [0, 0.05) is 32.8 Å². The number of rotatable bonds is 7. The van der Waals surface area contributed by atoms with Gasteiger partial charge in [0.25, 0.3) is 0 Å². The van der Waals surface area contributed by atoms with Crippen LogP contribution < -0.4 is 0 Å². The molecule has 1 fully saturated rings. The predicted octanol–water partition coefficient (Wildman–Crippen LogP) is 0.0319. The number of ether oxygens (including phenoxy) is 1. The molecule has 1 aliphatic heterocycles. The van der Waals surface area contributed by atoms with Crippen LogP contribution in [0.25, 0.3) is 0 Å². The first-order valence-corrected chi connectivity index (χ1v) is 6.43. The Morgan fingerprint density at radius 1 is 1.17 bits per heavy atom. The summed E-state index contributed by atoms with van der Waals surface area (Å²) < 4.78 is 5.28. The summed E-state index contributed by atoms with van der Waals surface area (Å²) >= 11 is 0. The Balaban J connectivity index is 2.17. The van der Waals surface area contributed by atoms with E-state index in [1.807, 2.05) is 11.8 Å². The van der Waals surface area contributed by atoms with E-state index in [1.54, 1.807) is 4.90 Å². The van der Waals surface area contributed by atoms with E-state index >= 15 is 0 Å². The molecule has 0 bridgehead atoms. The SMILES string of the molecule is CCCOCCC(=O)N1CCN(CC(=O)O)CC1. The van der Waals surface area contributed by atoms with E-state index in [0.29, 0.717) is 45.8 Å². The van der Waals surface area contributed by atoms with Gasteiger partial charge in [-0.2, -0.15) is 0 Å². The Hall–Kier alpha value is -1.14. The van der Waals surface area contributed by atoms with Crippen molar-refractivity contribution in [2.24, 2.45) is 0 Å². The third-order valence-corrected chi connectivity index (χ3v) is 2.89. The molecule has 6 heteroatoms. The van der Waals surface area contributed by atoms with Gasteiger partial charge in [0.2, 0.25) is 5.91 Å². The zero-order valence-electron chi connectivity index (χ0n) is 10.9. The van der Waals surface area contributed by atoms with E-state index < -0.39 is 5.97 Å². The van der Waals surface area contributed by atoms with Crippen molar-refractivity contribution in [3.8, 4) is 0 Å². The number of aliphatic carboxylic acids is 1. The van der Waals surface area contributed by atoms with Crippen LogP contribution in [0.15, 0.2) is 0 Å². The minimum atomic E-state index is -0.817. The average Bonchev–Trinajstić information content (AvgIpc) is 2.34. The summed E-state index contributed by atoms with van der Waals surface area (Å²) in [5.41, 5.74) is 0. The van der Waals surface area contributed by atoms with Gasteiger partial charge in [0.1, 0.15) is 0 Å². The third-order valence-electron chi connectivity index (χ3n) is 2.89. The van der Waals surface area contributed by atoms with Crippen molar-refractivity contribution >= 4 is 11.9 Å². The fraction of sp³-hybridized carbons (Fsp3) is 0.833. The predicted molar refractivity (Wildman–Crippen MR) is 66.4 cm³/mol. The van der Waals surface area contributed by atoms with E-state index in [4.69, 9.17) is 9.84 Å². The van der Waals surface area contributed by atoms with Gasteiger partial charge in [0.15, 0.2) is 0 Å². The van der Waals surface area contributed by atoms with Gasteiger partial charge in [-0.1, -0.05) is 6.92 Å². The first-order chi connectivity index (χ1) is 8.63. The van der Waals surface area contributed by atoms with Gasteiger partial charge in [0.05, 0.1) is 19.6 Å². The molecule has 1 heterocycles. The number of amides is 1. The summed E-state index contributed by atoms with van der Waals surface area (Å²) in [6.45, 7) is 5.74. The molecular formula is C12H22N2O4. The van der Waals surface area contributed by atoms with Crippen molar-refractivity contribution in [1.82, 2.24) is 9.80 Å². The molecule has 1 aliphatic rings. The highest BCUT2D eigenvalue weighted by molar-refractivity contribution is 5.76. The number of hydrogen-bond donors (Lipinski definition) is 1. The number of carboxylic acids is 1. The lowest BCUT2D eigenvalue weighted by atomic mass is 10.3. The minimum Gasteiger partial charge on any atom is -0.480 e. The summed E-state index contributed by atoms with van der Waals surface area (Å²) in [7, 11) is 0. The summed E-state index contributed by atoms with van der Waals surface area (Å²) in [5.74, 6) is -0.719. The molecule has 18 heavy (non-hydrogen) atoms. The van der Waals surface area contributed by atoms with E-state index in [0.717, 1.165) is 6.42 Å². The van der Waals surface area contributed by atoms with Crippen molar-refractivity contribution in [3.63, 3.8) is 0 Å². The van der Waals surface area contributed by atoms with Crippen molar-refractivity contribution < 1.29 is 19.4 Å². The lowest BCUT2D eigenvalue weighted by Gasteiger charge is -2.33. The number of carbonyl (C=O) groups is 2. The van der Waals surface area contributed by atoms with Crippen LogP contribution in [0.4, 0.5) is 0 Å². The molecular weight excluding hydrogens is 236 g/mol. The van der Waals surface area contributed by atoms with Crippen molar-refractivity contribution in [3.05, 3.63) is 0 Å². The summed E-state index contributed by atoms with van der Waals surface area (Å²) in [6.07, 6.45) is 1.38. The summed E-state index contributed by atoms with van der Waals surface area (Å²) in [5, 5.41) is 8.67. The highest BCUT2D eigenvalue weighted by Gasteiger charge is 2.21. The molecule has 1 rings (SSSR count). The molecule has 0 radical (unpaired) electrons. The number of carboxylic acid groups (broad SMARTS) is 1. The highest BCUT2D eigenvalue weighted by Crippen LogP contribution is 2.03. The minimum absolute atomic E-state index is 0.0572. The first kappa shape index (κ1) is 14.9. The molecule has 0 aromatic rings. The van der Waals surface area contributed by atoms with Crippen LogP contribution in [-0.4, -0.2) is 72.7 Å². The normalized spacial score (nSPS) is 16.8. The second-order valence-electron chi connectivity index (χ2n) is 4.41. The average molecular weight is 258 g/mol. The van der Waals surface area contributed by atoms with Crippen molar-refractivity contribution in [1.29, 1.82) is 0 Å². The van der Waals surface area contributed by atoms with Gasteiger partial charge in [-0.25, -0.2) is 0 Å². The maximum absolute atomic E-state index is 11.8. The number of hydrogen-bond acceptors (Lipinski definition) is 4. The largest absolute Gasteiger partial charge is 0.480 e. The van der Waals surface area contributed by atoms with E-state index in [9.17, 15) is 9.59 Å². The third kappa shape index (κ3) is 5.46. The van der Waals surface area contributed by atoms with E-state index in [-0.39, 0.29) is 12.5 Å². The van der Waals surface area contributed by atoms with E-state index in [1.165, 1.54) is 0 Å². The zero-order valence-corrected chi connectivity index (χ0v) is 10.9. The van der Waals surface area contributed by atoms with Gasteiger partial charge in [-0.3, -0.25) is 14.5 Å². The maximum atomic E-state index is 11.8. The molecule has 6 nitrogen and oxygen atoms in total. The topological polar surface area (TPSA) is 70.1 Å². The molecule has 1 N–H and O–H groups in total. The van der Waals surface area contributed by atoms with Crippen LogP contribution in [0.3, 0.4) is 0 Å². The summed E-state index contributed by atoms with van der Waals surface area (Å²) in [6, 6.07) is 0. The molecule has 0 saturated carbocycles. The quantitative estimate of drug-likeness (QED) is 0.653. The second kappa shape index (κ2) is 8.05. The monoisotopic (exact) mass is 258 g/mol. The van der Waals surface area contributed by atoms with Crippen molar-refractivity contribution in [2.75, 3.05) is 45.9 Å². The van der Waals surface area contributed by atoms with E-state index in [2.05, 4.69) is 0 Å². The lowest BCUT2D eigenvalue weighted by molar-refractivity contribution is -0.139. The van der Waals surface area contributed by atoms with Crippen LogP contribution >= 0.6 is 0 Å². The van der Waals surface area contributed by atoms with Gasteiger partial charge in [-0.15, -0.1) is 0 Å². The first-order valence-electron chi connectivity index (χ1n) is 6.43. The molecule has 0 atom stereocenters. The van der Waals surface area contributed by atoms with Crippen LogP contribution in [0.5, 0.6) is 0 Å². The van der Waals surface area contributed by atoms with Crippen LogP contribution in [0.1, 0.15) is 19.8 Å². The second-order valence-corrected chi connectivity index (χ2v) is 4.41. The van der Waals surface area contributed by atoms with Gasteiger partial charge >= 0.3 is 5.97 Å². The lowest BCUT2D eigenvalue weighted by Crippen LogP contribution is -2.50. The standard InChI is InChI=1S/C12H22N2O4/c1-2-8-18-9-3-11(15)14-6-4-13(5-7-14)10-12(16)17/h2-10H2,1H3,(H,16,17). The molecule has 104 valence electrons.